The summed E-state index contributed by atoms with van der Waals surface area (Å²) in [6, 6.07) is 5.04. The lowest BCUT2D eigenvalue weighted by atomic mass is 10.3. The van der Waals surface area contributed by atoms with Crippen LogP contribution in [0.2, 0.25) is 5.02 Å². The molecule has 0 unspecified atom stereocenters. The van der Waals surface area contributed by atoms with E-state index < -0.39 is 0 Å². The van der Waals surface area contributed by atoms with Gasteiger partial charge in [0.2, 0.25) is 0 Å². The second kappa shape index (κ2) is 3.98. The number of rotatable bonds is 2. The van der Waals surface area contributed by atoms with E-state index in [9.17, 15) is 4.39 Å². The van der Waals surface area contributed by atoms with E-state index in [0.717, 1.165) is 5.75 Å². The third-order valence-electron chi connectivity index (χ3n) is 1.22. The largest absolute Gasteiger partial charge is 0.204 e. The average Bonchev–Trinajstić information content (AvgIpc) is 1.99. The molecular formula is C8H8ClFS. The lowest BCUT2D eigenvalue weighted by molar-refractivity contribution is 0.602. The van der Waals surface area contributed by atoms with Gasteiger partial charge >= 0.3 is 0 Å². The van der Waals surface area contributed by atoms with Crippen molar-refractivity contribution in [2.45, 2.75) is 11.8 Å². The van der Waals surface area contributed by atoms with E-state index in [1.807, 2.05) is 6.92 Å². The smallest absolute Gasteiger partial charge is 0.155 e. The zero-order valence-corrected chi connectivity index (χ0v) is 7.68. The van der Waals surface area contributed by atoms with Gasteiger partial charge in [0.05, 0.1) is 5.02 Å². The molecule has 0 atom stereocenters. The molecule has 1 aromatic carbocycles. The SMILES string of the molecule is CCSc1cccc(Cl)c1F. The van der Waals surface area contributed by atoms with Gasteiger partial charge in [-0.15, -0.1) is 11.8 Å². The van der Waals surface area contributed by atoms with Crippen LogP contribution in [0.4, 0.5) is 4.39 Å². The van der Waals surface area contributed by atoms with Gasteiger partial charge in [-0.25, -0.2) is 4.39 Å². The Morgan fingerprint density at radius 3 is 2.91 bits per heavy atom. The van der Waals surface area contributed by atoms with Crippen molar-refractivity contribution in [1.82, 2.24) is 0 Å². The van der Waals surface area contributed by atoms with Crippen LogP contribution in [0, 0.1) is 5.82 Å². The molecule has 0 heterocycles. The van der Waals surface area contributed by atoms with E-state index in [4.69, 9.17) is 11.6 Å². The molecule has 0 nitrogen and oxygen atoms in total. The fraction of sp³-hybridized carbons (Fsp3) is 0.250. The zero-order valence-electron chi connectivity index (χ0n) is 6.10. The maximum absolute atomic E-state index is 13.0. The van der Waals surface area contributed by atoms with Gasteiger partial charge in [-0.1, -0.05) is 24.6 Å². The first kappa shape index (κ1) is 8.88. The van der Waals surface area contributed by atoms with Crippen LogP contribution in [0.5, 0.6) is 0 Å². The van der Waals surface area contributed by atoms with Crippen molar-refractivity contribution < 1.29 is 4.39 Å². The highest BCUT2D eigenvalue weighted by Crippen LogP contribution is 2.26. The van der Waals surface area contributed by atoms with Crippen molar-refractivity contribution >= 4 is 23.4 Å². The molecule has 0 amide bonds. The van der Waals surface area contributed by atoms with Crippen LogP contribution in [0.1, 0.15) is 6.92 Å². The average molecular weight is 191 g/mol. The second-order valence-corrected chi connectivity index (χ2v) is 3.70. The molecule has 0 aliphatic carbocycles. The highest BCUT2D eigenvalue weighted by atomic mass is 35.5. The number of thioether (sulfide) groups is 1. The molecule has 0 saturated carbocycles. The lowest BCUT2D eigenvalue weighted by Crippen LogP contribution is -1.81. The first-order valence-electron chi connectivity index (χ1n) is 3.32. The van der Waals surface area contributed by atoms with Crippen molar-refractivity contribution in [3.05, 3.63) is 29.0 Å². The van der Waals surface area contributed by atoms with Gasteiger partial charge in [0.25, 0.3) is 0 Å². The maximum Gasteiger partial charge on any atom is 0.155 e. The van der Waals surface area contributed by atoms with Crippen molar-refractivity contribution in [3.63, 3.8) is 0 Å². The maximum atomic E-state index is 13.0. The van der Waals surface area contributed by atoms with Crippen LogP contribution in [-0.4, -0.2) is 5.75 Å². The Labute approximate surface area is 74.8 Å². The summed E-state index contributed by atoms with van der Waals surface area (Å²) in [4.78, 5) is 0.625. The topological polar surface area (TPSA) is 0 Å². The molecule has 0 spiro atoms. The van der Waals surface area contributed by atoms with E-state index in [1.54, 1.807) is 18.2 Å². The highest BCUT2D eigenvalue weighted by molar-refractivity contribution is 7.99. The van der Waals surface area contributed by atoms with Gasteiger partial charge in [0, 0.05) is 4.90 Å². The van der Waals surface area contributed by atoms with E-state index in [2.05, 4.69) is 0 Å². The third kappa shape index (κ3) is 2.11. The minimum atomic E-state index is -0.305. The molecule has 0 saturated heterocycles. The first-order valence-corrected chi connectivity index (χ1v) is 4.69. The minimum Gasteiger partial charge on any atom is -0.204 e. The van der Waals surface area contributed by atoms with Crippen molar-refractivity contribution in [2.75, 3.05) is 5.75 Å². The summed E-state index contributed by atoms with van der Waals surface area (Å²) < 4.78 is 13.0. The Morgan fingerprint density at radius 1 is 1.55 bits per heavy atom. The predicted molar refractivity (Wildman–Crippen MR) is 47.8 cm³/mol. The van der Waals surface area contributed by atoms with E-state index in [0.29, 0.717) is 4.90 Å². The van der Waals surface area contributed by atoms with Crippen LogP contribution >= 0.6 is 23.4 Å². The molecular weight excluding hydrogens is 183 g/mol. The predicted octanol–water partition coefficient (Wildman–Crippen LogP) is 3.59. The van der Waals surface area contributed by atoms with Gasteiger partial charge in [-0.3, -0.25) is 0 Å². The molecule has 0 fully saturated rings. The number of halogens is 2. The Morgan fingerprint density at radius 2 is 2.27 bits per heavy atom. The quantitative estimate of drug-likeness (QED) is 0.643. The standard InChI is InChI=1S/C8H8ClFS/c1-2-11-7-5-3-4-6(9)8(7)10/h3-5H,2H2,1H3. The molecule has 0 radical (unpaired) electrons. The summed E-state index contributed by atoms with van der Waals surface area (Å²) in [6.45, 7) is 1.98. The Bertz CT molecular complexity index is 250. The summed E-state index contributed by atoms with van der Waals surface area (Å²) in [5.41, 5.74) is 0. The molecule has 11 heavy (non-hydrogen) atoms. The van der Waals surface area contributed by atoms with Crippen molar-refractivity contribution in [2.24, 2.45) is 0 Å². The summed E-state index contributed by atoms with van der Waals surface area (Å²) >= 11 is 7.02. The van der Waals surface area contributed by atoms with Crippen LogP contribution in [0.15, 0.2) is 23.1 Å². The Balaban J connectivity index is 2.96. The molecule has 0 bridgehead atoms. The molecule has 0 aliphatic rings. The minimum absolute atomic E-state index is 0.198. The lowest BCUT2D eigenvalue weighted by Gasteiger charge is -2.00. The Kier molecular flexibility index (Phi) is 3.21. The molecule has 0 aliphatic heterocycles. The van der Waals surface area contributed by atoms with Crippen molar-refractivity contribution in [3.8, 4) is 0 Å². The van der Waals surface area contributed by atoms with E-state index in [-0.39, 0.29) is 10.8 Å². The monoisotopic (exact) mass is 190 g/mol. The molecule has 0 N–H and O–H groups in total. The fourth-order valence-electron chi connectivity index (χ4n) is 0.751. The van der Waals surface area contributed by atoms with Crippen LogP contribution in [-0.2, 0) is 0 Å². The van der Waals surface area contributed by atoms with Gasteiger partial charge in [0.1, 0.15) is 0 Å². The van der Waals surface area contributed by atoms with E-state index in [1.165, 1.54) is 11.8 Å². The Hall–Kier alpha value is -0.210. The summed E-state index contributed by atoms with van der Waals surface area (Å²) in [6.07, 6.45) is 0. The summed E-state index contributed by atoms with van der Waals surface area (Å²) in [5, 5.41) is 0.198. The summed E-state index contributed by atoms with van der Waals surface area (Å²) in [5.74, 6) is 0.554. The van der Waals surface area contributed by atoms with Crippen molar-refractivity contribution in [1.29, 1.82) is 0 Å². The number of benzene rings is 1. The summed E-state index contributed by atoms with van der Waals surface area (Å²) in [7, 11) is 0. The van der Waals surface area contributed by atoms with Gasteiger partial charge in [-0.2, -0.15) is 0 Å². The van der Waals surface area contributed by atoms with Gasteiger partial charge < -0.3 is 0 Å². The van der Waals surface area contributed by atoms with Crippen LogP contribution in [0.25, 0.3) is 0 Å². The second-order valence-electron chi connectivity index (χ2n) is 1.98. The molecule has 0 aromatic heterocycles. The zero-order chi connectivity index (χ0) is 8.27. The number of hydrogen-bond acceptors (Lipinski definition) is 1. The molecule has 60 valence electrons. The molecule has 1 aromatic rings. The van der Waals surface area contributed by atoms with Crippen LogP contribution < -0.4 is 0 Å². The van der Waals surface area contributed by atoms with Crippen LogP contribution in [0.3, 0.4) is 0 Å². The highest BCUT2D eigenvalue weighted by Gasteiger charge is 2.04. The molecule has 3 heteroatoms. The molecule has 1 rings (SSSR count). The first-order chi connectivity index (χ1) is 5.25. The normalized spacial score (nSPS) is 10.1. The van der Waals surface area contributed by atoms with Gasteiger partial charge in [-0.05, 0) is 17.9 Å². The number of hydrogen-bond donors (Lipinski definition) is 0. The van der Waals surface area contributed by atoms with Gasteiger partial charge in [0.15, 0.2) is 5.82 Å². The fourth-order valence-corrected chi connectivity index (χ4v) is 1.70. The third-order valence-corrected chi connectivity index (χ3v) is 2.42. The van der Waals surface area contributed by atoms with E-state index >= 15 is 0 Å².